The molecule has 0 aliphatic carbocycles. The first-order chi connectivity index (χ1) is 13.5. The van der Waals surface area contributed by atoms with Gasteiger partial charge in [-0.25, -0.2) is 0 Å². The Hall–Kier alpha value is -2.02. The van der Waals surface area contributed by atoms with Gasteiger partial charge in [0.15, 0.2) is 0 Å². The van der Waals surface area contributed by atoms with Crippen LogP contribution in [0.2, 0.25) is 0 Å². The van der Waals surface area contributed by atoms with Crippen molar-refractivity contribution in [1.29, 1.82) is 0 Å². The molecule has 1 aliphatic heterocycles. The number of alkyl halides is 3. The van der Waals surface area contributed by atoms with Crippen molar-refractivity contribution < 1.29 is 26.1 Å². The zero-order chi connectivity index (χ0) is 21.4. The molecule has 8 nitrogen and oxygen atoms in total. The van der Waals surface area contributed by atoms with E-state index < -0.39 is 21.9 Å². The molecule has 2 aromatic rings. The lowest BCUT2D eigenvalue weighted by molar-refractivity contribution is -0.137. The first-order valence-corrected chi connectivity index (χ1v) is 10.3. The van der Waals surface area contributed by atoms with Gasteiger partial charge in [0, 0.05) is 45.8 Å². The SMILES string of the molecule is CC(c1nc(-c2cccc(C(F)(F)F)c2)no1)N1CCN(S(=O)(=O)N(C)C)CC1. The molecule has 160 valence electrons. The second-order valence-corrected chi connectivity index (χ2v) is 9.08. The van der Waals surface area contributed by atoms with Crippen LogP contribution in [-0.2, 0) is 16.4 Å². The van der Waals surface area contributed by atoms with Gasteiger partial charge < -0.3 is 4.52 Å². The molecule has 1 aromatic heterocycles. The Labute approximate surface area is 167 Å². The molecule has 0 radical (unpaired) electrons. The normalized spacial score (nSPS) is 18.3. The Kier molecular flexibility index (Phi) is 5.99. The summed E-state index contributed by atoms with van der Waals surface area (Å²) < 4.78 is 71.0. The molecule has 1 fully saturated rings. The van der Waals surface area contributed by atoms with Crippen molar-refractivity contribution in [1.82, 2.24) is 23.7 Å². The molecule has 1 atom stereocenters. The van der Waals surface area contributed by atoms with E-state index in [2.05, 4.69) is 10.1 Å². The van der Waals surface area contributed by atoms with Crippen molar-refractivity contribution >= 4 is 10.2 Å². The zero-order valence-electron chi connectivity index (χ0n) is 16.2. The topological polar surface area (TPSA) is 82.8 Å². The molecule has 1 aromatic carbocycles. The van der Waals surface area contributed by atoms with Gasteiger partial charge >= 0.3 is 6.18 Å². The molecule has 3 rings (SSSR count). The molecule has 1 aliphatic rings. The van der Waals surface area contributed by atoms with E-state index in [1.807, 2.05) is 11.8 Å². The molecule has 2 heterocycles. The summed E-state index contributed by atoms with van der Waals surface area (Å²) in [7, 11) is -0.497. The van der Waals surface area contributed by atoms with Crippen molar-refractivity contribution in [3.05, 3.63) is 35.7 Å². The fourth-order valence-electron chi connectivity index (χ4n) is 3.07. The van der Waals surface area contributed by atoms with Crippen LogP contribution in [0.4, 0.5) is 13.2 Å². The predicted octanol–water partition coefficient (Wildman–Crippen LogP) is 2.24. The Bertz CT molecular complexity index is 953. The summed E-state index contributed by atoms with van der Waals surface area (Å²) in [6.45, 7) is 3.41. The highest BCUT2D eigenvalue weighted by molar-refractivity contribution is 7.86. The van der Waals surface area contributed by atoms with Gasteiger partial charge in [-0.2, -0.15) is 35.2 Å². The average Bonchev–Trinajstić information content (AvgIpc) is 3.17. The highest BCUT2D eigenvalue weighted by Crippen LogP contribution is 2.32. The van der Waals surface area contributed by atoms with Gasteiger partial charge in [0.25, 0.3) is 10.2 Å². The van der Waals surface area contributed by atoms with Gasteiger partial charge in [-0.05, 0) is 19.1 Å². The molecule has 0 N–H and O–H groups in total. The summed E-state index contributed by atoms with van der Waals surface area (Å²) in [5.41, 5.74) is -0.573. The largest absolute Gasteiger partial charge is 0.416 e. The number of hydrogen-bond donors (Lipinski definition) is 0. The number of halogens is 3. The van der Waals surface area contributed by atoms with Crippen LogP contribution in [-0.4, -0.2) is 72.3 Å². The van der Waals surface area contributed by atoms with Crippen LogP contribution in [0.15, 0.2) is 28.8 Å². The van der Waals surface area contributed by atoms with Crippen molar-refractivity contribution in [3.63, 3.8) is 0 Å². The van der Waals surface area contributed by atoms with Crippen molar-refractivity contribution in [2.75, 3.05) is 40.3 Å². The van der Waals surface area contributed by atoms with Crippen LogP contribution in [0.1, 0.15) is 24.4 Å². The van der Waals surface area contributed by atoms with E-state index in [9.17, 15) is 21.6 Å². The number of rotatable bonds is 5. The molecule has 1 unspecified atom stereocenters. The number of hydrogen-bond acceptors (Lipinski definition) is 6. The minimum Gasteiger partial charge on any atom is -0.337 e. The second kappa shape index (κ2) is 8.01. The summed E-state index contributed by atoms with van der Waals surface area (Å²) in [4.78, 5) is 6.24. The van der Waals surface area contributed by atoms with Gasteiger partial charge in [0.05, 0.1) is 11.6 Å². The molecule has 0 saturated carbocycles. The Morgan fingerprint density at radius 1 is 1.17 bits per heavy atom. The third-order valence-electron chi connectivity index (χ3n) is 4.86. The molecular weight excluding hydrogens is 411 g/mol. The van der Waals surface area contributed by atoms with Crippen LogP contribution in [0.3, 0.4) is 0 Å². The molecule has 1 saturated heterocycles. The molecule has 0 spiro atoms. The first kappa shape index (κ1) is 21.7. The molecular formula is C17H22F3N5O3S. The lowest BCUT2D eigenvalue weighted by Crippen LogP contribution is -2.52. The maximum absolute atomic E-state index is 12.9. The number of aromatic nitrogens is 2. The zero-order valence-corrected chi connectivity index (χ0v) is 17.0. The third-order valence-corrected chi connectivity index (χ3v) is 6.80. The van der Waals surface area contributed by atoms with Gasteiger partial charge in [-0.3, -0.25) is 4.90 Å². The van der Waals surface area contributed by atoms with E-state index in [1.54, 1.807) is 0 Å². The summed E-state index contributed by atoms with van der Waals surface area (Å²) >= 11 is 0. The van der Waals surface area contributed by atoms with Gasteiger partial charge in [-0.15, -0.1) is 0 Å². The van der Waals surface area contributed by atoms with E-state index >= 15 is 0 Å². The Balaban J connectivity index is 1.70. The maximum atomic E-state index is 12.9. The smallest absolute Gasteiger partial charge is 0.337 e. The summed E-state index contributed by atoms with van der Waals surface area (Å²) in [6, 6.07) is 4.44. The van der Waals surface area contributed by atoms with Crippen LogP contribution in [0.5, 0.6) is 0 Å². The predicted molar refractivity (Wildman–Crippen MR) is 98.9 cm³/mol. The van der Waals surface area contributed by atoms with Crippen LogP contribution in [0.25, 0.3) is 11.4 Å². The fourth-order valence-corrected chi connectivity index (χ4v) is 4.15. The van der Waals surface area contributed by atoms with Crippen LogP contribution < -0.4 is 0 Å². The van der Waals surface area contributed by atoms with E-state index in [-0.39, 0.29) is 23.3 Å². The maximum Gasteiger partial charge on any atom is 0.416 e. The van der Waals surface area contributed by atoms with Gasteiger partial charge in [-0.1, -0.05) is 17.3 Å². The minimum atomic E-state index is -4.46. The second-order valence-electron chi connectivity index (χ2n) is 6.94. The van der Waals surface area contributed by atoms with Crippen molar-refractivity contribution in [2.45, 2.75) is 19.1 Å². The highest BCUT2D eigenvalue weighted by atomic mass is 32.2. The van der Waals surface area contributed by atoms with Crippen LogP contribution in [0, 0.1) is 0 Å². The first-order valence-electron chi connectivity index (χ1n) is 8.93. The Morgan fingerprint density at radius 2 is 1.83 bits per heavy atom. The van der Waals surface area contributed by atoms with Crippen molar-refractivity contribution in [3.8, 4) is 11.4 Å². The number of piperazine rings is 1. The van der Waals surface area contributed by atoms with Crippen molar-refractivity contribution in [2.24, 2.45) is 0 Å². The number of nitrogens with zero attached hydrogens (tertiary/aromatic N) is 5. The lowest BCUT2D eigenvalue weighted by Gasteiger charge is -2.36. The van der Waals surface area contributed by atoms with Crippen LogP contribution >= 0.6 is 0 Å². The van der Waals surface area contributed by atoms with E-state index in [0.29, 0.717) is 26.2 Å². The summed E-state index contributed by atoms with van der Waals surface area (Å²) in [5.74, 6) is 0.341. The summed E-state index contributed by atoms with van der Waals surface area (Å²) in [5, 5.41) is 3.81. The minimum absolute atomic E-state index is 0.0757. The molecule has 0 bridgehead atoms. The Morgan fingerprint density at radius 3 is 2.41 bits per heavy atom. The number of benzene rings is 1. The van der Waals surface area contributed by atoms with Gasteiger partial charge in [0.2, 0.25) is 11.7 Å². The molecule has 0 amide bonds. The lowest BCUT2D eigenvalue weighted by atomic mass is 10.1. The van der Waals surface area contributed by atoms with E-state index in [0.717, 1.165) is 12.1 Å². The summed E-state index contributed by atoms with van der Waals surface area (Å²) in [6.07, 6.45) is -4.46. The molecule has 29 heavy (non-hydrogen) atoms. The standard InChI is InChI=1S/C17H22F3N5O3S/c1-12(24-7-9-25(10-8-24)29(26,27)23(2)3)16-21-15(22-28-16)13-5-4-6-14(11-13)17(18,19)20/h4-6,11-12H,7-10H2,1-3H3. The van der Waals surface area contributed by atoms with E-state index in [4.69, 9.17) is 4.52 Å². The third kappa shape index (κ3) is 4.60. The van der Waals surface area contributed by atoms with E-state index in [1.165, 1.54) is 34.8 Å². The average molecular weight is 433 g/mol. The fraction of sp³-hybridized carbons (Fsp3) is 0.529. The van der Waals surface area contributed by atoms with Gasteiger partial charge in [0.1, 0.15) is 0 Å². The quantitative estimate of drug-likeness (QED) is 0.719. The molecule has 12 heteroatoms. The highest BCUT2D eigenvalue weighted by Gasteiger charge is 2.33. The monoisotopic (exact) mass is 433 g/mol.